The Bertz CT molecular complexity index is 604. The molecule has 0 bridgehead atoms. The molecule has 0 amide bonds. The van der Waals surface area contributed by atoms with E-state index in [2.05, 4.69) is 0 Å². The summed E-state index contributed by atoms with van der Waals surface area (Å²) >= 11 is 11.8. The van der Waals surface area contributed by atoms with Crippen LogP contribution in [0.2, 0.25) is 10.0 Å². The van der Waals surface area contributed by atoms with Gasteiger partial charge >= 0.3 is 0 Å². The van der Waals surface area contributed by atoms with Crippen LogP contribution < -0.4 is 4.74 Å². The van der Waals surface area contributed by atoms with Crippen molar-refractivity contribution >= 4 is 23.2 Å². The highest BCUT2D eigenvalue weighted by Crippen LogP contribution is 2.28. The van der Waals surface area contributed by atoms with Gasteiger partial charge in [0, 0.05) is 15.6 Å². The van der Waals surface area contributed by atoms with Crippen LogP contribution in [0, 0.1) is 5.82 Å². The highest BCUT2D eigenvalue weighted by atomic mass is 35.5. The largest absolute Gasteiger partial charge is 0.488 e. The number of hydrogen-bond acceptors (Lipinski definition) is 2. The maximum absolute atomic E-state index is 13.2. The second-order valence-corrected chi connectivity index (χ2v) is 5.23. The predicted molar refractivity (Wildman–Crippen MR) is 77.9 cm³/mol. The van der Waals surface area contributed by atoms with Crippen LogP contribution in [0.3, 0.4) is 0 Å². The molecule has 0 saturated carbocycles. The van der Waals surface area contributed by atoms with Crippen molar-refractivity contribution < 1.29 is 14.2 Å². The predicted octanol–water partition coefficient (Wildman–Crippen LogP) is 4.63. The van der Waals surface area contributed by atoms with E-state index in [0.717, 1.165) is 0 Å². The average molecular weight is 315 g/mol. The lowest BCUT2D eigenvalue weighted by Crippen LogP contribution is -2.22. The zero-order valence-electron chi connectivity index (χ0n) is 10.7. The third-order valence-corrected chi connectivity index (χ3v) is 3.42. The van der Waals surface area contributed by atoms with Crippen LogP contribution in [0.15, 0.2) is 42.5 Å². The van der Waals surface area contributed by atoms with Gasteiger partial charge in [0.2, 0.25) is 0 Å². The summed E-state index contributed by atoms with van der Waals surface area (Å²) in [6.07, 6.45) is -1.65. The standard InChI is InChI=1S/C15H13Cl2FO2/c1-9(20-12-4-2-3-10(16)7-12)15(19)13-8-11(18)5-6-14(13)17/h2-9,15,19H,1H3. The van der Waals surface area contributed by atoms with E-state index in [4.69, 9.17) is 27.9 Å². The molecule has 5 heteroatoms. The Kier molecular flexibility index (Phi) is 4.86. The summed E-state index contributed by atoms with van der Waals surface area (Å²) in [5, 5.41) is 11.0. The van der Waals surface area contributed by atoms with Crippen LogP contribution in [-0.4, -0.2) is 11.2 Å². The second kappa shape index (κ2) is 6.44. The molecule has 2 aromatic carbocycles. The molecular formula is C15H13Cl2FO2. The summed E-state index contributed by atoms with van der Waals surface area (Å²) in [7, 11) is 0. The summed E-state index contributed by atoms with van der Waals surface area (Å²) in [6.45, 7) is 1.67. The van der Waals surface area contributed by atoms with Crippen LogP contribution in [0.4, 0.5) is 4.39 Å². The molecule has 0 aliphatic heterocycles. The summed E-state index contributed by atoms with van der Waals surface area (Å²) in [6, 6.07) is 10.7. The van der Waals surface area contributed by atoms with E-state index in [1.54, 1.807) is 31.2 Å². The van der Waals surface area contributed by atoms with Gasteiger partial charge in [0.05, 0.1) is 0 Å². The lowest BCUT2D eigenvalue weighted by molar-refractivity contribution is 0.0466. The second-order valence-electron chi connectivity index (χ2n) is 4.39. The Morgan fingerprint density at radius 2 is 1.90 bits per heavy atom. The van der Waals surface area contributed by atoms with E-state index in [1.165, 1.54) is 18.2 Å². The fraction of sp³-hybridized carbons (Fsp3) is 0.200. The Morgan fingerprint density at radius 1 is 1.15 bits per heavy atom. The molecule has 106 valence electrons. The van der Waals surface area contributed by atoms with E-state index in [9.17, 15) is 9.50 Å². The minimum Gasteiger partial charge on any atom is -0.488 e. The first-order valence-electron chi connectivity index (χ1n) is 6.02. The van der Waals surface area contributed by atoms with Crippen molar-refractivity contribution in [1.29, 1.82) is 0 Å². The highest BCUT2D eigenvalue weighted by Gasteiger charge is 2.21. The lowest BCUT2D eigenvalue weighted by Gasteiger charge is -2.21. The molecule has 0 saturated heterocycles. The normalized spacial score (nSPS) is 13.8. The summed E-state index contributed by atoms with van der Waals surface area (Å²) < 4.78 is 18.8. The molecule has 2 aromatic rings. The summed E-state index contributed by atoms with van der Waals surface area (Å²) in [5.74, 6) is 0.0648. The van der Waals surface area contributed by atoms with Crippen molar-refractivity contribution in [3.63, 3.8) is 0 Å². The van der Waals surface area contributed by atoms with Gasteiger partial charge in [-0.3, -0.25) is 0 Å². The molecule has 2 nitrogen and oxygen atoms in total. The van der Waals surface area contributed by atoms with Gasteiger partial charge in [-0.15, -0.1) is 0 Å². The number of aliphatic hydroxyl groups excluding tert-OH is 1. The van der Waals surface area contributed by atoms with Crippen LogP contribution in [0.25, 0.3) is 0 Å². The molecule has 0 fully saturated rings. The number of aliphatic hydroxyl groups is 1. The summed E-state index contributed by atoms with van der Waals surface area (Å²) in [5.41, 5.74) is 0.293. The van der Waals surface area contributed by atoms with Crippen molar-refractivity contribution in [1.82, 2.24) is 0 Å². The first-order valence-corrected chi connectivity index (χ1v) is 6.78. The number of halogens is 3. The van der Waals surface area contributed by atoms with E-state index in [-0.39, 0.29) is 0 Å². The van der Waals surface area contributed by atoms with E-state index in [0.29, 0.717) is 21.4 Å². The van der Waals surface area contributed by atoms with E-state index in [1.807, 2.05) is 0 Å². The van der Waals surface area contributed by atoms with Crippen LogP contribution >= 0.6 is 23.2 Å². The third kappa shape index (κ3) is 3.63. The molecule has 1 N–H and O–H groups in total. The number of rotatable bonds is 4. The Labute approximate surface area is 126 Å². The number of benzene rings is 2. The summed E-state index contributed by atoms with van der Waals surface area (Å²) in [4.78, 5) is 0. The zero-order valence-corrected chi connectivity index (χ0v) is 12.2. The Hall–Kier alpha value is -1.29. The van der Waals surface area contributed by atoms with E-state index < -0.39 is 18.0 Å². The fourth-order valence-corrected chi connectivity index (χ4v) is 2.22. The lowest BCUT2D eigenvalue weighted by atomic mass is 10.1. The van der Waals surface area contributed by atoms with Crippen molar-refractivity contribution in [3.05, 3.63) is 63.9 Å². The van der Waals surface area contributed by atoms with Crippen LogP contribution in [-0.2, 0) is 0 Å². The van der Waals surface area contributed by atoms with Gasteiger partial charge in [-0.05, 0) is 43.3 Å². The molecule has 0 aliphatic rings. The van der Waals surface area contributed by atoms with Gasteiger partial charge in [0.25, 0.3) is 0 Å². The SMILES string of the molecule is CC(Oc1cccc(Cl)c1)C(O)c1cc(F)ccc1Cl. The smallest absolute Gasteiger partial charge is 0.126 e. The first-order chi connectivity index (χ1) is 9.47. The molecule has 0 aliphatic carbocycles. The molecule has 0 spiro atoms. The van der Waals surface area contributed by atoms with Gasteiger partial charge < -0.3 is 9.84 Å². The maximum atomic E-state index is 13.2. The average Bonchev–Trinajstić information content (AvgIpc) is 2.40. The van der Waals surface area contributed by atoms with Gasteiger partial charge in [-0.2, -0.15) is 0 Å². The molecular weight excluding hydrogens is 302 g/mol. The van der Waals surface area contributed by atoms with Gasteiger partial charge in [0.1, 0.15) is 23.8 Å². The minimum atomic E-state index is -1.04. The Balaban J connectivity index is 2.16. The number of ether oxygens (including phenoxy) is 1. The van der Waals surface area contributed by atoms with Gasteiger partial charge in [0.15, 0.2) is 0 Å². The fourth-order valence-electron chi connectivity index (χ4n) is 1.81. The molecule has 0 heterocycles. The van der Waals surface area contributed by atoms with Gasteiger partial charge in [-0.25, -0.2) is 4.39 Å². The maximum Gasteiger partial charge on any atom is 0.126 e. The van der Waals surface area contributed by atoms with Crippen LogP contribution in [0.1, 0.15) is 18.6 Å². The Morgan fingerprint density at radius 3 is 2.60 bits per heavy atom. The van der Waals surface area contributed by atoms with Crippen molar-refractivity contribution in [3.8, 4) is 5.75 Å². The first kappa shape index (κ1) is 15.1. The topological polar surface area (TPSA) is 29.5 Å². The van der Waals surface area contributed by atoms with Crippen molar-refractivity contribution in [2.24, 2.45) is 0 Å². The highest BCUT2D eigenvalue weighted by molar-refractivity contribution is 6.31. The van der Waals surface area contributed by atoms with Crippen molar-refractivity contribution in [2.75, 3.05) is 0 Å². The van der Waals surface area contributed by atoms with Gasteiger partial charge in [-0.1, -0.05) is 29.3 Å². The van der Waals surface area contributed by atoms with Crippen molar-refractivity contribution in [2.45, 2.75) is 19.1 Å². The molecule has 0 aromatic heterocycles. The van der Waals surface area contributed by atoms with Crippen LogP contribution in [0.5, 0.6) is 5.75 Å². The molecule has 20 heavy (non-hydrogen) atoms. The monoisotopic (exact) mass is 314 g/mol. The zero-order chi connectivity index (χ0) is 14.7. The third-order valence-electron chi connectivity index (χ3n) is 2.84. The number of hydrogen-bond donors (Lipinski definition) is 1. The molecule has 2 unspecified atom stereocenters. The molecule has 0 radical (unpaired) electrons. The molecule has 2 atom stereocenters. The molecule has 2 rings (SSSR count). The quantitative estimate of drug-likeness (QED) is 0.891. The minimum absolute atomic E-state index is 0.292. The van der Waals surface area contributed by atoms with E-state index >= 15 is 0 Å².